The van der Waals surface area contributed by atoms with Crippen molar-refractivity contribution >= 4 is 134 Å². The van der Waals surface area contributed by atoms with Gasteiger partial charge in [0.1, 0.15) is 40.6 Å². The summed E-state index contributed by atoms with van der Waals surface area (Å²) in [6.45, 7) is -1.78. The monoisotopic (exact) mass is 1210 g/mol. The van der Waals surface area contributed by atoms with Crippen LogP contribution in [-0.4, -0.2) is 102 Å². The number of nitrogens with two attached hydrogens (primary N) is 2. The van der Waals surface area contributed by atoms with Gasteiger partial charge < -0.3 is 26.5 Å². The van der Waals surface area contributed by atoms with Crippen LogP contribution >= 0.6 is 36.1 Å². The number of hydrogen-bond acceptors (Lipinski definition) is 32. The van der Waals surface area contributed by atoms with Crippen molar-refractivity contribution in [2.24, 2.45) is 30.7 Å². The summed E-state index contributed by atoms with van der Waals surface area (Å²) in [7, 11) is -18.8. The number of aromatic nitrogens is 1. The number of nitrogen functional groups attached to an aromatic ring is 2. The molecule has 1 aromatic heterocycles. The van der Waals surface area contributed by atoms with Crippen molar-refractivity contribution in [3.8, 4) is 0 Å². The van der Waals surface area contributed by atoms with Crippen molar-refractivity contribution in [3.05, 3.63) is 96.3 Å². The van der Waals surface area contributed by atoms with E-state index in [1.807, 2.05) is 0 Å². The minimum Gasteiger partial charge on any atom is -0.545 e. The first-order chi connectivity index (χ1) is 36.3. The van der Waals surface area contributed by atoms with Gasteiger partial charge in [-0.25, -0.2) is 50.0 Å². The van der Waals surface area contributed by atoms with Crippen molar-refractivity contribution in [2.75, 3.05) is 42.8 Å². The molecular formula is C37H35N9O24S7. The van der Waals surface area contributed by atoms with E-state index >= 15 is 0 Å². The molecule has 5 aromatic rings. The van der Waals surface area contributed by atoms with E-state index in [0.29, 0.717) is 4.90 Å². The molecule has 0 unspecified atom stereocenters. The standard InChI is InChI=1S/C37H35N9O24S7/c38-31-33(43-40-22-3-5-23(6-4-22)71-68-63-13-12-46-11-1-2-21(20-46)36(47)48)30(37(49)50)34(44-41-26-9-7-24(18-28(26)72-69-66-51)74(53,54)16-14-64-76(57,58)59)32(39)35(31)45-42-27-10-8-25(19-29(27)73-70-67-52)75(55,56)17-15-65-77(60,61)62/h1-11,18-20H,12-17H2,(H9-,38,39,40,41,42,47,48,49,50,51,52,57,58,59,60,61,62). The lowest BCUT2D eigenvalue weighted by Gasteiger charge is -2.14. The molecule has 414 valence electrons. The molecule has 0 bridgehead atoms. The SMILES string of the molecule is Nc1c(N=Nc2ccc(S(=O)(=O)CCOS(=O)(=O)O)cc2SOOO)c(N)c(N=Nc2ccc(S(=O)(=O)CCOS(=O)(=O)O)cc2SOOO)c(C(=O)O)c1N=Nc1ccc(SOOCC[n+]2cccc(C(=O)[O-])c2)cc1. The number of hydrogen-bond donors (Lipinski definition) is 7. The van der Waals surface area contributed by atoms with Gasteiger partial charge in [-0.1, -0.05) is 10.1 Å². The van der Waals surface area contributed by atoms with Gasteiger partial charge >= 0.3 is 26.8 Å². The molecular weight excluding hydrogens is 1180 g/mol. The van der Waals surface area contributed by atoms with Gasteiger partial charge in [0, 0.05) is 11.0 Å². The van der Waals surface area contributed by atoms with Crippen LogP contribution in [0.5, 0.6) is 0 Å². The van der Waals surface area contributed by atoms with Crippen molar-refractivity contribution in [3.63, 3.8) is 0 Å². The smallest absolute Gasteiger partial charge is 0.397 e. The van der Waals surface area contributed by atoms with Gasteiger partial charge in [0.05, 0.1) is 109 Å². The van der Waals surface area contributed by atoms with E-state index < -0.39 is 121 Å². The van der Waals surface area contributed by atoms with Gasteiger partial charge in [0.2, 0.25) is 0 Å². The predicted molar refractivity (Wildman–Crippen MR) is 258 cm³/mol. The summed E-state index contributed by atoms with van der Waals surface area (Å²) in [5.74, 6) is -5.09. The number of rotatable bonds is 30. The Balaban J connectivity index is 1.56. The highest BCUT2D eigenvalue weighted by Crippen LogP contribution is 2.50. The maximum atomic E-state index is 13.1. The molecule has 40 heteroatoms. The predicted octanol–water partition coefficient (Wildman–Crippen LogP) is 5.14. The van der Waals surface area contributed by atoms with Crippen LogP contribution in [-0.2, 0) is 83.3 Å². The number of benzene rings is 4. The fraction of sp³-hybridized carbons (Fsp3) is 0.162. The molecule has 0 radical (unpaired) electrons. The number of anilines is 2. The normalized spacial score (nSPS) is 12.6. The molecule has 0 aliphatic rings. The summed E-state index contributed by atoms with van der Waals surface area (Å²) in [5.41, 5.74) is 8.18. The number of aromatic carboxylic acids is 2. The first-order valence-electron chi connectivity index (χ1n) is 20.1. The second-order valence-electron chi connectivity index (χ2n) is 14.1. The largest absolute Gasteiger partial charge is 0.545 e. The van der Waals surface area contributed by atoms with Gasteiger partial charge in [-0.3, -0.25) is 9.11 Å². The average Bonchev–Trinajstić information content (AvgIpc) is 3.38. The zero-order valence-electron chi connectivity index (χ0n) is 38.0. The van der Waals surface area contributed by atoms with Crippen LogP contribution < -0.4 is 21.1 Å². The zero-order chi connectivity index (χ0) is 56.6. The van der Waals surface area contributed by atoms with E-state index in [1.165, 1.54) is 47.2 Å². The van der Waals surface area contributed by atoms with Crippen LogP contribution in [0.25, 0.3) is 0 Å². The van der Waals surface area contributed by atoms with Gasteiger partial charge in [0.15, 0.2) is 38.6 Å². The Hall–Kier alpha value is -6.26. The molecule has 0 amide bonds. The molecule has 0 atom stereocenters. The molecule has 33 nitrogen and oxygen atoms in total. The van der Waals surface area contributed by atoms with Crippen LogP contribution in [0.4, 0.5) is 45.5 Å². The maximum absolute atomic E-state index is 13.1. The van der Waals surface area contributed by atoms with E-state index in [9.17, 15) is 53.5 Å². The fourth-order valence-electron chi connectivity index (χ4n) is 5.69. The number of carbonyl (C=O) groups excluding carboxylic acids is 1. The number of sulfone groups is 2. The lowest BCUT2D eigenvalue weighted by atomic mass is 10.1. The molecule has 0 saturated heterocycles. The molecule has 77 heavy (non-hydrogen) atoms. The topological polar surface area (TPSA) is 499 Å². The molecule has 0 saturated carbocycles. The highest BCUT2D eigenvalue weighted by Gasteiger charge is 2.28. The molecule has 0 spiro atoms. The minimum absolute atomic E-state index is 0.00651. The first-order valence-corrected chi connectivity index (χ1v) is 28.3. The Morgan fingerprint density at radius 1 is 0.623 bits per heavy atom. The minimum atomic E-state index is -5.01. The van der Waals surface area contributed by atoms with E-state index in [1.54, 1.807) is 6.20 Å². The third-order valence-electron chi connectivity index (χ3n) is 9.09. The van der Waals surface area contributed by atoms with Crippen molar-refractivity contribution in [1.82, 2.24) is 0 Å². The number of pyridine rings is 1. The highest BCUT2D eigenvalue weighted by molar-refractivity contribution is 7.95. The number of nitrogens with zero attached hydrogens (tertiary/aromatic N) is 7. The van der Waals surface area contributed by atoms with Crippen LogP contribution in [0.2, 0.25) is 0 Å². The first kappa shape index (κ1) is 61.6. The summed E-state index contributed by atoms with van der Waals surface area (Å²) in [6.07, 6.45) is 2.95. The second kappa shape index (κ2) is 27.9. The number of carbonyl (C=O) groups is 2. The van der Waals surface area contributed by atoms with Gasteiger partial charge in [-0.2, -0.15) is 26.3 Å². The Morgan fingerprint density at radius 2 is 1.12 bits per heavy atom. The van der Waals surface area contributed by atoms with E-state index in [0.717, 1.165) is 48.4 Å². The molecule has 0 fully saturated rings. The van der Waals surface area contributed by atoms with Crippen LogP contribution in [0, 0.1) is 0 Å². The number of carboxylic acids is 2. The Labute approximate surface area is 446 Å². The number of azo groups is 3. The third-order valence-corrected chi connectivity index (χ3v) is 15.3. The summed E-state index contributed by atoms with van der Waals surface area (Å²) >= 11 is 1.12. The van der Waals surface area contributed by atoms with E-state index in [2.05, 4.69) is 57.8 Å². The summed E-state index contributed by atoms with van der Waals surface area (Å²) < 4.78 is 137. The van der Waals surface area contributed by atoms with Crippen molar-refractivity contribution in [1.29, 1.82) is 0 Å². The summed E-state index contributed by atoms with van der Waals surface area (Å²) in [4.78, 5) is 28.3. The van der Waals surface area contributed by atoms with E-state index in [4.69, 9.17) is 40.3 Å². The van der Waals surface area contributed by atoms with Crippen molar-refractivity contribution in [2.45, 2.75) is 31.0 Å². The third kappa shape index (κ3) is 18.7. The van der Waals surface area contributed by atoms with Crippen LogP contribution in [0.3, 0.4) is 0 Å². The van der Waals surface area contributed by atoms with Gasteiger partial charge in [-0.05, 0) is 66.7 Å². The Kier molecular flexibility index (Phi) is 22.3. The number of carboxylic acid groups (broad SMARTS) is 2. The molecule has 0 aliphatic carbocycles. The highest BCUT2D eigenvalue weighted by atomic mass is 32.3. The summed E-state index contributed by atoms with van der Waals surface area (Å²) in [6, 6.07) is 14.5. The maximum Gasteiger partial charge on any atom is 0.397 e. The van der Waals surface area contributed by atoms with E-state index in [-0.39, 0.29) is 69.7 Å². The molecule has 9 N–H and O–H groups in total. The molecule has 4 aromatic carbocycles. The van der Waals surface area contributed by atoms with Crippen LogP contribution in [0.15, 0.2) is 140 Å². The zero-order valence-corrected chi connectivity index (χ0v) is 43.7. The molecule has 0 aliphatic heterocycles. The second-order valence-corrected chi connectivity index (χ2v) is 22.7. The average molecular weight is 1210 g/mol. The summed E-state index contributed by atoms with van der Waals surface area (Å²) in [5, 5.41) is 70.9. The van der Waals surface area contributed by atoms with Gasteiger partial charge in [-0.15, -0.1) is 34.2 Å². The fourth-order valence-corrected chi connectivity index (χ4v) is 10.2. The van der Waals surface area contributed by atoms with Crippen molar-refractivity contribution < 1.29 is 114 Å². The van der Waals surface area contributed by atoms with Gasteiger partial charge in [0.25, 0.3) is 0 Å². The quantitative estimate of drug-likeness (QED) is 0.00457. The Bertz CT molecular complexity index is 3520. The van der Waals surface area contributed by atoms with Crippen LogP contribution in [0.1, 0.15) is 20.7 Å². The molecule has 1 heterocycles. The molecule has 5 rings (SSSR count). The lowest BCUT2D eigenvalue weighted by molar-refractivity contribution is -0.701. The Morgan fingerprint density at radius 3 is 1.58 bits per heavy atom. The lowest BCUT2D eigenvalue weighted by Crippen LogP contribution is -2.37.